The summed E-state index contributed by atoms with van der Waals surface area (Å²) in [6, 6.07) is 10.2. The van der Waals surface area contributed by atoms with Crippen LogP contribution in [0.5, 0.6) is 0 Å². The van der Waals surface area contributed by atoms with E-state index in [2.05, 4.69) is 17.0 Å². The van der Waals surface area contributed by atoms with Crippen LogP contribution in [-0.4, -0.2) is 58.9 Å². The van der Waals surface area contributed by atoms with Gasteiger partial charge in [0.25, 0.3) is 5.91 Å². The van der Waals surface area contributed by atoms with Gasteiger partial charge >= 0.3 is 6.03 Å². The lowest BCUT2D eigenvalue weighted by Crippen LogP contribution is -2.56. The topological polar surface area (TPSA) is 43.9 Å². The van der Waals surface area contributed by atoms with E-state index in [-0.39, 0.29) is 11.9 Å². The molecule has 5 nitrogen and oxygen atoms in total. The number of rotatable bonds is 3. The third-order valence-electron chi connectivity index (χ3n) is 4.99. The molecule has 2 aliphatic heterocycles. The van der Waals surface area contributed by atoms with E-state index in [9.17, 15) is 9.59 Å². The molecule has 1 aromatic carbocycles. The van der Waals surface area contributed by atoms with Gasteiger partial charge in [-0.25, -0.2) is 4.79 Å². The molecule has 0 unspecified atom stereocenters. The van der Waals surface area contributed by atoms with Gasteiger partial charge in [-0.3, -0.25) is 14.6 Å². The SMILES string of the molecule is CCN1C(=O)N(C)C(=O)C12CCN(Cc1ccccc1)CC2. The molecule has 22 heavy (non-hydrogen) atoms. The number of likely N-dealkylation sites (N-methyl/N-ethyl adjacent to an activating group) is 2. The zero-order chi connectivity index (χ0) is 15.7. The number of likely N-dealkylation sites (tertiary alicyclic amines) is 1. The summed E-state index contributed by atoms with van der Waals surface area (Å²) in [7, 11) is 1.60. The Morgan fingerprint density at radius 2 is 1.73 bits per heavy atom. The normalized spacial score (nSPS) is 21.9. The molecule has 2 saturated heterocycles. The van der Waals surface area contributed by atoms with Crippen LogP contribution in [-0.2, 0) is 11.3 Å². The maximum absolute atomic E-state index is 12.6. The van der Waals surface area contributed by atoms with Crippen molar-refractivity contribution < 1.29 is 9.59 Å². The molecule has 2 heterocycles. The summed E-state index contributed by atoms with van der Waals surface area (Å²) in [4.78, 5) is 30.2. The third kappa shape index (κ3) is 2.29. The summed E-state index contributed by atoms with van der Waals surface area (Å²) in [5.41, 5.74) is 0.685. The quantitative estimate of drug-likeness (QED) is 0.801. The second-order valence-corrected chi connectivity index (χ2v) is 6.18. The molecule has 0 saturated carbocycles. The molecule has 0 aliphatic carbocycles. The van der Waals surface area contributed by atoms with Crippen molar-refractivity contribution in [2.24, 2.45) is 0 Å². The summed E-state index contributed by atoms with van der Waals surface area (Å²) in [6.45, 7) is 5.13. The minimum Gasteiger partial charge on any atom is -0.310 e. The van der Waals surface area contributed by atoms with Gasteiger partial charge in [0.1, 0.15) is 5.54 Å². The van der Waals surface area contributed by atoms with Crippen LogP contribution in [0.25, 0.3) is 0 Å². The first kappa shape index (κ1) is 15.0. The number of nitrogens with zero attached hydrogens (tertiary/aromatic N) is 3. The average molecular weight is 301 g/mol. The van der Waals surface area contributed by atoms with Crippen molar-refractivity contribution in [2.45, 2.75) is 31.8 Å². The molecule has 1 aromatic rings. The van der Waals surface area contributed by atoms with E-state index in [0.717, 1.165) is 32.5 Å². The van der Waals surface area contributed by atoms with Crippen LogP contribution >= 0.6 is 0 Å². The van der Waals surface area contributed by atoms with Gasteiger partial charge in [-0.15, -0.1) is 0 Å². The molecule has 0 atom stereocenters. The highest BCUT2D eigenvalue weighted by atomic mass is 16.2. The number of amides is 3. The fourth-order valence-electron chi connectivity index (χ4n) is 3.72. The first-order valence-electron chi connectivity index (χ1n) is 7.94. The zero-order valence-electron chi connectivity index (χ0n) is 13.3. The molecule has 0 aromatic heterocycles. The monoisotopic (exact) mass is 301 g/mol. The second-order valence-electron chi connectivity index (χ2n) is 6.18. The third-order valence-corrected chi connectivity index (χ3v) is 4.99. The number of piperidine rings is 1. The lowest BCUT2D eigenvalue weighted by molar-refractivity contribution is -0.134. The molecule has 0 radical (unpaired) electrons. The zero-order valence-corrected chi connectivity index (χ0v) is 13.3. The maximum Gasteiger partial charge on any atom is 0.327 e. The summed E-state index contributed by atoms with van der Waals surface area (Å²) < 4.78 is 0. The van der Waals surface area contributed by atoms with Crippen LogP contribution in [0.3, 0.4) is 0 Å². The van der Waals surface area contributed by atoms with Gasteiger partial charge in [0.2, 0.25) is 0 Å². The minimum atomic E-state index is -0.603. The number of benzene rings is 1. The highest BCUT2D eigenvalue weighted by molar-refractivity contribution is 6.06. The Hall–Kier alpha value is -1.88. The lowest BCUT2D eigenvalue weighted by atomic mass is 9.85. The van der Waals surface area contributed by atoms with Crippen molar-refractivity contribution in [2.75, 3.05) is 26.7 Å². The molecule has 1 spiro atoms. The van der Waals surface area contributed by atoms with E-state index >= 15 is 0 Å². The fraction of sp³-hybridized carbons (Fsp3) is 0.529. The van der Waals surface area contributed by atoms with Crippen molar-refractivity contribution in [3.63, 3.8) is 0 Å². The van der Waals surface area contributed by atoms with Gasteiger partial charge in [-0.2, -0.15) is 0 Å². The van der Waals surface area contributed by atoms with Gasteiger partial charge < -0.3 is 4.90 Å². The predicted octanol–water partition coefficient (Wildman–Crippen LogP) is 1.94. The Balaban J connectivity index is 1.70. The van der Waals surface area contributed by atoms with E-state index in [0.29, 0.717) is 6.54 Å². The number of hydrogen-bond acceptors (Lipinski definition) is 3. The van der Waals surface area contributed by atoms with E-state index in [1.165, 1.54) is 10.5 Å². The summed E-state index contributed by atoms with van der Waals surface area (Å²) >= 11 is 0. The average Bonchev–Trinajstić information content (AvgIpc) is 2.72. The Bertz CT molecular complexity index is 565. The van der Waals surface area contributed by atoms with Gasteiger partial charge in [0.15, 0.2) is 0 Å². The molecule has 0 N–H and O–H groups in total. The first-order chi connectivity index (χ1) is 10.6. The van der Waals surface area contributed by atoms with Crippen LogP contribution in [0.4, 0.5) is 4.79 Å². The molecule has 2 fully saturated rings. The smallest absolute Gasteiger partial charge is 0.310 e. The maximum atomic E-state index is 12.6. The van der Waals surface area contributed by atoms with E-state index < -0.39 is 5.54 Å². The molecular formula is C17H23N3O2. The number of carbonyl (C=O) groups is 2. The van der Waals surface area contributed by atoms with E-state index in [1.54, 1.807) is 11.9 Å². The Morgan fingerprint density at radius 3 is 2.32 bits per heavy atom. The van der Waals surface area contributed by atoms with Crippen molar-refractivity contribution in [1.29, 1.82) is 0 Å². The van der Waals surface area contributed by atoms with Crippen LogP contribution in [0.1, 0.15) is 25.3 Å². The van der Waals surface area contributed by atoms with Crippen LogP contribution < -0.4 is 0 Å². The number of carbonyl (C=O) groups excluding carboxylic acids is 2. The molecular weight excluding hydrogens is 278 g/mol. The van der Waals surface area contributed by atoms with Crippen molar-refractivity contribution in [1.82, 2.24) is 14.7 Å². The molecule has 5 heteroatoms. The standard InChI is InChI=1S/C17H23N3O2/c1-3-20-16(22)18(2)15(21)17(20)9-11-19(12-10-17)13-14-7-5-4-6-8-14/h4-8H,3,9-13H2,1-2H3. The number of imide groups is 1. The predicted molar refractivity (Wildman–Crippen MR) is 84.2 cm³/mol. The Kier molecular flexibility index (Phi) is 3.91. The van der Waals surface area contributed by atoms with E-state index in [4.69, 9.17) is 0 Å². The summed E-state index contributed by atoms with van der Waals surface area (Å²) in [5.74, 6) is -0.0290. The molecule has 118 valence electrons. The largest absolute Gasteiger partial charge is 0.327 e. The van der Waals surface area contributed by atoms with Gasteiger partial charge in [-0.05, 0) is 25.3 Å². The lowest BCUT2D eigenvalue weighted by Gasteiger charge is -2.41. The first-order valence-corrected chi connectivity index (χ1v) is 7.94. The number of urea groups is 1. The highest BCUT2D eigenvalue weighted by Gasteiger charge is 2.56. The highest BCUT2D eigenvalue weighted by Crippen LogP contribution is 2.36. The van der Waals surface area contributed by atoms with Crippen LogP contribution in [0, 0.1) is 0 Å². The van der Waals surface area contributed by atoms with Gasteiger partial charge in [0.05, 0.1) is 0 Å². The molecule has 3 amide bonds. The van der Waals surface area contributed by atoms with Crippen molar-refractivity contribution in [3.05, 3.63) is 35.9 Å². The fourth-order valence-corrected chi connectivity index (χ4v) is 3.72. The summed E-state index contributed by atoms with van der Waals surface area (Å²) in [5, 5.41) is 0. The van der Waals surface area contributed by atoms with Gasteiger partial charge in [0, 0.05) is 33.2 Å². The Labute approximate surface area is 131 Å². The van der Waals surface area contributed by atoms with Crippen molar-refractivity contribution in [3.8, 4) is 0 Å². The molecule has 3 rings (SSSR count). The van der Waals surface area contributed by atoms with Crippen LogP contribution in [0.15, 0.2) is 30.3 Å². The van der Waals surface area contributed by atoms with Crippen LogP contribution in [0.2, 0.25) is 0 Å². The summed E-state index contributed by atoms with van der Waals surface area (Å²) in [6.07, 6.45) is 1.45. The minimum absolute atomic E-state index is 0.0290. The number of hydrogen-bond donors (Lipinski definition) is 0. The van der Waals surface area contributed by atoms with E-state index in [1.807, 2.05) is 25.1 Å². The molecule has 2 aliphatic rings. The van der Waals surface area contributed by atoms with Gasteiger partial charge in [-0.1, -0.05) is 30.3 Å². The molecule has 0 bridgehead atoms. The second kappa shape index (κ2) is 5.72. The van der Waals surface area contributed by atoms with Crippen molar-refractivity contribution >= 4 is 11.9 Å². The Morgan fingerprint density at radius 1 is 1.09 bits per heavy atom.